The lowest BCUT2D eigenvalue weighted by molar-refractivity contribution is 0.0358. The molecule has 0 radical (unpaired) electrons. The minimum atomic E-state index is -0.350. The molecule has 140 valence electrons. The third kappa shape index (κ3) is 3.81. The molecule has 8 heteroatoms. The zero-order valence-corrected chi connectivity index (χ0v) is 14.8. The molecule has 1 fully saturated rings. The second-order valence-corrected chi connectivity index (χ2v) is 6.33. The van der Waals surface area contributed by atoms with Gasteiger partial charge in [0.2, 0.25) is 0 Å². The van der Waals surface area contributed by atoms with E-state index in [9.17, 15) is 9.18 Å². The van der Waals surface area contributed by atoms with Crippen LogP contribution in [-0.2, 0) is 11.3 Å². The molecule has 0 N–H and O–H groups in total. The molecule has 4 rings (SSSR count). The van der Waals surface area contributed by atoms with E-state index in [0.717, 1.165) is 25.2 Å². The highest BCUT2D eigenvalue weighted by atomic mass is 19.1. The zero-order valence-electron chi connectivity index (χ0n) is 14.8. The smallest absolute Gasteiger partial charge is 0.350 e. The van der Waals surface area contributed by atoms with Crippen molar-refractivity contribution in [2.24, 2.45) is 0 Å². The van der Waals surface area contributed by atoms with Crippen molar-refractivity contribution in [2.75, 3.05) is 32.8 Å². The van der Waals surface area contributed by atoms with Crippen LogP contribution in [0.1, 0.15) is 0 Å². The summed E-state index contributed by atoms with van der Waals surface area (Å²) >= 11 is 0. The molecule has 27 heavy (non-hydrogen) atoms. The van der Waals surface area contributed by atoms with Gasteiger partial charge in [0.05, 0.1) is 25.4 Å². The summed E-state index contributed by atoms with van der Waals surface area (Å²) in [5.74, 6) is 0.160. The Morgan fingerprint density at radius 1 is 1.00 bits per heavy atom. The molecule has 0 aliphatic carbocycles. The molecule has 2 aromatic heterocycles. The van der Waals surface area contributed by atoms with Crippen LogP contribution in [0.3, 0.4) is 0 Å². The second kappa shape index (κ2) is 7.81. The number of hydrogen-bond acceptors (Lipinski definition) is 5. The molecular weight excluding hydrogens is 349 g/mol. The maximum atomic E-state index is 13.3. The summed E-state index contributed by atoms with van der Waals surface area (Å²) in [6.45, 7) is 4.32. The van der Waals surface area contributed by atoms with Crippen molar-refractivity contribution >= 4 is 0 Å². The summed E-state index contributed by atoms with van der Waals surface area (Å²) in [7, 11) is 0. The van der Waals surface area contributed by atoms with E-state index >= 15 is 0 Å². The van der Waals surface area contributed by atoms with E-state index in [0.29, 0.717) is 31.3 Å². The fraction of sp³-hybridized carbons (Fsp3) is 0.316. The predicted octanol–water partition coefficient (Wildman–Crippen LogP) is 1.57. The van der Waals surface area contributed by atoms with Crippen LogP contribution in [0.25, 0.3) is 17.1 Å². The van der Waals surface area contributed by atoms with Crippen LogP contribution in [0.5, 0.6) is 0 Å². The standard InChI is InChI=1S/C19H20FN5O2/c20-16-1-3-17(4-2-16)25-18(15-5-7-21-8-6-15)22-24(19(25)26)10-9-23-11-13-27-14-12-23/h1-8H,9-14H2. The summed E-state index contributed by atoms with van der Waals surface area (Å²) in [6, 6.07) is 9.43. The van der Waals surface area contributed by atoms with Crippen LogP contribution in [0.2, 0.25) is 0 Å². The Kier molecular flexibility index (Phi) is 5.08. The highest BCUT2D eigenvalue weighted by Gasteiger charge is 2.18. The van der Waals surface area contributed by atoms with E-state index < -0.39 is 0 Å². The van der Waals surface area contributed by atoms with Crippen molar-refractivity contribution in [1.29, 1.82) is 0 Å². The lowest BCUT2D eigenvalue weighted by Gasteiger charge is -2.26. The van der Waals surface area contributed by atoms with E-state index in [4.69, 9.17) is 4.74 Å². The first kappa shape index (κ1) is 17.6. The van der Waals surface area contributed by atoms with E-state index in [-0.39, 0.29) is 11.5 Å². The number of aromatic nitrogens is 4. The van der Waals surface area contributed by atoms with Gasteiger partial charge in [-0.25, -0.2) is 18.4 Å². The fourth-order valence-electron chi connectivity index (χ4n) is 3.13. The van der Waals surface area contributed by atoms with Gasteiger partial charge >= 0.3 is 5.69 Å². The van der Waals surface area contributed by atoms with Gasteiger partial charge in [0.25, 0.3) is 0 Å². The summed E-state index contributed by atoms with van der Waals surface area (Å²) < 4.78 is 21.7. The van der Waals surface area contributed by atoms with Crippen LogP contribution in [0, 0.1) is 5.82 Å². The molecule has 0 bridgehead atoms. The number of rotatable bonds is 5. The minimum absolute atomic E-state index is 0.248. The average molecular weight is 369 g/mol. The maximum Gasteiger partial charge on any atom is 0.350 e. The number of halogens is 1. The first-order valence-electron chi connectivity index (χ1n) is 8.89. The lowest BCUT2D eigenvalue weighted by atomic mass is 10.2. The molecule has 0 saturated carbocycles. The summed E-state index contributed by atoms with van der Waals surface area (Å²) in [6.07, 6.45) is 3.31. The van der Waals surface area contributed by atoms with Crippen molar-refractivity contribution in [1.82, 2.24) is 24.2 Å². The molecule has 7 nitrogen and oxygen atoms in total. The molecule has 1 aliphatic rings. The SMILES string of the molecule is O=c1n(CCN2CCOCC2)nc(-c2ccncc2)n1-c1ccc(F)cc1. The highest BCUT2D eigenvalue weighted by molar-refractivity contribution is 5.57. The van der Waals surface area contributed by atoms with Gasteiger partial charge in [-0.05, 0) is 36.4 Å². The third-order valence-corrected chi connectivity index (χ3v) is 4.59. The molecule has 3 heterocycles. The Balaban J connectivity index is 1.70. The zero-order chi connectivity index (χ0) is 18.6. The number of hydrogen-bond donors (Lipinski definition) is 0. The quantitative estimate of drug-likeness (QED) is 0.683. The monoisotopic (exact) mass is 369 g/mol. The van der Waals surface area contributed by atoms with E-state index in [1.165, 1.54) is 21.4 Å². The predicted molar refractivity (Wildman–Crippen MR) is 98.3 cm³/mol. The van der Waals surface area contributed by atoms with Crippen molar-refractivity contribution in [3.05, 3.63) is 65.1 Å². The Labute approximate surface area is 155 Å². The molecular formula is C19H20FN5O2. The van der Waals surface area contributed by atoms with Crippen LogP contribution >= 0.6 is 0 Å². The molecule has 0 atom stereocenters. The van der Waals surface area contributed by atoms with Crippen LogP contribution < -0.4 is 5.69 Å². The van der Waals surface area contributed by atoms with Gasteiger partial charge in [-0.2, -0.15) is 0 Å². The maximum absolute atomic E-state index is 13.3. The Hall–Kier alpha value is -2.84. The average Bonchev–Trinajstić information content (AvgIpc) is 3.05. The molecule has 0 spiro atoms. The Morgan fingerprint density at radius 3 is 2.41 bits per heavy atom. The number of morpholine rings is 1. The second-order valence-electron chi connectivity index (χ2n) is 6.33. The van der Waals surface area contributed by atoms with E-state index in [2.05, 4.69) is 15.0 Å². The van der Waals surface area contributed by atoms with Crippen LogP contribution in [0.15, 0.2) is 53.6 Å². The van der Waals surface area contributed by atoms with Crippen LogP contribution in [0.4, 0.5) is 4.39 Å². The van der Waals surface area contributed by atoms with E-state index in [1.54, 1.807) is 36.7 Å². The number of benzene rings is 1. The van der Waals surface area contributed by atoms with Gasteiger partial charge in [0, 0.05) is 37.6 Å². The highest BCUT2D eigenvalue weighted by Crippen LogP contribution is 2.19. The topological polar surface area (TPSA) is 65.2 Å². The lowest BCUT2D eigenvalue weighted by Crippen LogP contribution is -2.39. The van der Waals surface area contributed by atoms with Gasteiger partial charge < -0.3 is 4.74 Å². The molecule has 0 amide bonds. The summed E-state index contributed by atoms with van der Waals surface area (Å²) in [4.78, 5) is 19.3. The fourth-order valence-corrected chi connectivity index (χ4v) is 3.13. The van der Waals surface area contributed by atoms with Gasteiger partial charge in [-0.1, -0.05) is 0 Å². The van der Waals surface area contributed by atoms with Crippen molar-refractivity contribution < 1.29 is 9.13 Å². The number of nitrogens with zero attached hydrogens (tertiary/aromatic N) is 5. The molecule has 0 unspecified atom stereocenters. The first-order valence-corrected chi connectivity index (χ1v) is 8.89. The Bertz CT molecular complexity index is 946. The number of ether oxygens (including phenoxy) is 1. The summed E-state index contributed by atoms with van der Waals surface area (Å²) in [5, 5.41) is 4.55. The van der Waals surface area contributed by atoms with Gasteiger partial charge in [0.1, 0.15) is 5.82 Å². The number of pyridine rings is 1. The first-order chi connectivity index (χ1) is 13.2. The van der Waals surface area contributed by atoms with Crippen LogP contribution in [-0.4, -0.2) is 57.1 Å². The van der Waals surface area contributed by atoms with E-state index in [1.807, 2.05) is 0 Å². The molecule has 3 aromatic rings. The van der Waals surface area contributed by atoms with Crippen molar-refractivity contribution in [3.8, 4) is 17.1 Å². The molecule has 1 saturated heterocycles. The summed E-state index contributed by atoms with van der Waals surface area (Å²) in [5.41, 5.74) is 1.10. The van der Waals surface area contributed by atoms with Crippen molar-refractivity contribution in [3.63, 3.8) is 0 Å². The Morgan fingerprint density at radius 2 is 1.70 bits per heavy atom. The molecule has 1 aliphatic heterocycles. The van der Waals surface area contributed by atoms with Crippen molar-refractivity contribution in [2.45, 2.75) is 6.54 Å². The largest absolute Gasteiger partial charge is 0.379 e. The van der Waals surface area contributed by atoms with Gasteiger partial charge in [-0.3, -0.25) is 9.88 Å². The normalized spacial score (nSPS) is 15.1. The third-order valence-electron chi connectivity index (χ3n) is 4.59. The minimum Gasteiger partial charge on any atom is -0.379 e. The molecule has 1 aromatic carbocycles. The van der Waals surface area contributed by atoms with Gasteiger partial charge in [0.15, 0.2) is 5.82 Å². The van der Waals surface area contributed by atoms with Gasteiger partial charge in [-0.15, -0.1) is 5.10 Å².